The van der Waals surface area contributed by atoms with Crippen LogP contribution in [0.2, 0.25) is 0 Å². The Balaban J connectivity index is 2.20. The van der Waals surface area contributed by atoms with E-state index in [-0.39, 0.29) is 23.1 Å². The molecule has 0 saturated heterocycles. The molecule has 196 valence electrons. The highest BCUT2D eigenvalue weighted by Gasteiger charge is 2.21. The molecule has 1 atom stereocenters. The van der Waals surface area contributed by atoms with Crippen molar-refractivity contribution in [3.63, 3.8) is 0 Å². The molecule has 0 heterocycles. The summed E-state index contributed by atoms with van der Waals surface area (Å²) >= 11 is 0. The topological polar surface area (TPSA) is 163 Å². The van der Waals surface area contributed by atoms with E-state index < -0.39 is 40.6 Å². The standard InChI is InChI=1S/C24H32N4O7S/c1-4-11-25-23(31)26-18-8-6-10-20(13-18)36(33,34)28-19-9-5-7-17(12-19)21(14-22(29)30)27-24(32)35-15-16(2)3/h5-10,12-13,16,21,28H,4,11,14-15H2,1-3H3,(H,27,32)(H,29,30)(H2,25,26,31)/t21-/m0/s1. The van der Waals surface area contributed by atoms with Crippen LogP contribution >= 0.6 is 0 Å². The molecule has 0 bridgehead atoms. The number of carboxylic acid groups (broad SMARTS) is 1. The van der Waals surface area contributed by atoms with Gasteiger partial charge in [-0.3, -0.25) is 9.52 Å². The zero-order valence-electron chi connectivity index (χ0n) is 20.4. The Kier molecular flexibility index (Phi) is 10.5. The van der Waals surface area contributed by atoms with E-state index >= 15 is 0 Å². The van der Waals surface area contributed by atoms with Crippen molar-refractivity contribution in [2.24, 2.45) is 5.92 Å². The molecule has 0 fully saturated rings. The van der Waals surface area contributed by atoms with E-state index in [1.165, 1.54) is 30.3 Å². The van der Waals surface area contributed by atoms with Crippen molar-refractivity contribution < 1.29 is 32.6 Å². The average Bonchev–Trinajstić information content (AvgIpc) is 2.81. The summed E-state index contributed by atoms with van der Waals surface area (Å²) in [6, 6.07) is 10.4. The lowest BCUT2D eigenvalue weighted by molar-refractivity contribution is -0.137. The van der Waals surface area contributed by atoms with Crippen molar-refractivity contribution in [3.05, 3.63) is 54.1 Å². The molecular formula is C24H32N4O7S. The number of carbonyl (C=O) groups excluding carboxylic acids is 2. The molecule has 2 rings (SSSR count). The van der Waals surface area contributed by atoms with E-state index in [1.807, 2.05) is 20.8 Å². The smallest absolute Gasteiger partial charge is 0.407 e. The zero-order chi connectivity index (χ0) is 26.7. The third-order valence-corrected chi connectivity index (χ3v) is 6.08. The molecule has 11 nitrogen and oxygen atoms in total. The second kappa shape index (κ2) is 13.3. The van der Waals surface area contributed by atoms with Crippen LogP contribution in [0.15, 0.2) is 53.4 Å². The first-order valence-electron chi connectivity index (χ1n) is 11.4. The summed E-state index contributed by atoms with van der Waals surface area (Å²) in [5.74, 6) is -1.05. The van der Waals surface area contributed by atoms with Crippen LogP contribution in [0, 0.1) is 5.92 Å². The Labute approximate surface area is 210 Å². The van der Waals surface area contributed by atoms with Gasteiger partial charge < -0.3 is 25.8 Å². The number of benzene rings is 2. The van der Waals surface area contributed by atoms with Crippen molar-refractivity contribution in [1.82, 2.24) is 10.6 Å². The summed E-state index contributed by atoms with van der Waals surface area (Å²) in [6.07, 6.45) is -0.443. The quantitative estimate of drug-likeness (QED) is 0.283. The summed E-state index contributed by atoms with van der Waals surface area (Å²) < 4.78 is 33.5. The number of alkyl carbamates (subject to hydrolysis) is 1. The lowest BCUT2D eigenvalue weighted by atomic mass is 10.0. The second-order valence-electron chi connectivity index (χ2n) is 8.43. The van der Waals surface area contributed by atoms with Gasteiger partial charge >= 0.3 is 18.1 Å². The first kappa shape index (κ1) is 28.4. The minimum atomic E-state index is -4.05. The lowest BCUT2D eigenvalue weighted by Crippen LogP contribution is -2.31. The zero-order valence-corrected chi connectivity index (χ0v) is 21.2. The van der Waals surface area contributed by atoms with Crippen LogP contribution in [0.3, 0.4) is 0 Å². The van der Waals surface area contributed by atoms with E-state index in [4.69, 9.17) is 4.74 Å². The average molecular weight is 521 g/mol. The van der Waals surface area contributed by atoms with E-state index in [1.54, 1.807) is 18.2 Å². The maximum Gasteiger partial charge on any atom is 0.407 e. The number of rotatable bonds is 12. The molecule has 0 aliphatic rings. The van der Waals surface area contributed by atoms with Gasteiger partial charge in [-0.1, -0.05) is 39.0 Å². The minimum absolute atomic E-state index is 0.0846. The van der Waals surface area contributed by atoms with Crippen LogP contribution < -0.4 is 20.7 Å². The Morgan fingerprint density at radius 2 is 1.72 bits per heavy atom. The van der Waals surface area contributed by atoms with Gasteiger partial charge in [-0.25, -0.2) is 18.0 Å². The number of hydrogen-bond donors (Lipinski definition) is 5. The number of amides is 3. The molecule has 0 aliphatic heterocycles. The highest BCUT2D eigenvalue weighted by Crippen LogP contribution is 2.24. The molecule has 0 radical (unpaired) electrons. The number of aliphatic carboxylic acids is 1. The number of carboxylic acids is 1. The third-order valence-electron chi connectivity index (χ3n) is 4.70. The fourth-order valence-electron chi connectivity index (χ4n) is 3.04. The lowest BCUT2D eigenvalue weighted by Gasteiger charge is -2.19. The van der Waals surface area contributed by atoms with Gasteiger partial charge in [0.05, 0.1) is 24.0 Å². The minimum Gasteiger partial charge on any atom is -0.481 e. The molecule has 12 heteroatoms. The Morgan fingerprint density at radius 1 is 1.03 bits per heavy atom. The van der Waals surface area contributed by atoms with E-state index in [0.29, 0.717) is 17.8 Å². The van der Waals surface area contributed by atoms with Crippen molar-refractivity contribution in [3.8, 4) is 0 Å². The van der Waals surface area contributed by atoms with Crippen molar-refractivity contribution in [2.75, 3.05) is 23.2 Å². The largest absolute Gasteiger partial charge is 0.481 e. The first-order valence-corrected chi connectivity index (χ1v) is 12.9. The SMILES string of the molecule is CCCNC(=O)Nc1cccc(S(=O)(=O)Nc2cccc([C@H](CC(=O)O)NC(=O)OCC(C)C)c2)c1. The fraction of sp³-hybridized carbons (Fsp3) is 0.375. The monoisotopic (exact) mass is 520 g/mol. The van der Waals surface area contributed by atoms with Crippen molar-refractivity contribution in [1.29, 1.82) is 0 Å². The van der Waals surface area contributed by atoms with Crippen LogP contribution in [-0.4, -0.2) is 44.8 Å². The molecule has 0 aromatic heterocycles. The van der Waals surface area contributed by atoms with Gasteiger partial charge in [0, 0.05) is 17.9 Å². The van der Waals surface area contributed by atoms with Crippen molar-refractivity contribution >= 4 is 39.5 Å². The van der Waals surface area contributed by atoms with E-state index in [2.05, 4.69) is 20.7 Å². The van der Waals surface area contributed by atoms with Gasteiger partial charge in [-0.05, 0) is 48.2 Å². The number of carbonyl (C=O) groups is 3. The molecule has 0 saturated carbocycles. The third kappa shape index (κ3) is 9.45. The maximum absolute atomic E-state index is 13.0. The summed E-state index contributed by atoms with van der Waals surface area (Å²) in [7, 11) is -4.05. The molecular weight excluding hydrogens is 488 g/mol. The van der Waals surface area contributed by atoms with E-state index in [9.17, 15) is 27.9 Å². The normalized spacial score (nSPS) is 11.9. The van der Waals surface area contributed by atoms with Gasteiger partial charge in [-0.15, -0.1) is 0 Å². The maximum atomic E-state index is 13.0. The molecule has 3 amide bonds. The molecule has 0 unspecified atom stereocenters. The van der Waals surface area contributed by atoms with Gasteiger partial charge in [0.15, 0.2) is 0 Å². The summed E-state index contributed by atoms with van der Waals surface area (Å²) in [4.78, 5) is 35.3. The number of nitrogens with one attached hydrogen (secondary N) is 4. The highest BCUT2D eigenvalue weighted by atomic mass is 32.2. The van der Waals surface area contributed by atoms with E-state index in [0.717, 1.165) is 6.42 Å². The predicted molar refractivity (Wildman–Crippen MR) is 135 cm³/mol. The van der Waals surface area contributed by atoms with Gasteiger partial charge in [0.25, 0.3) is 10.0 Å². The van der Waals surface area contributed by atoms with Crippen LogP contribution in [0.4, 0.5) is 21.0 Å². The number of urea groups is 1. The van der Waals surface area contributed by atoms with Gasteiger partial charge in [0.2, 0.25) is 0 Å². The number of hydrogen-bond acceptors (Lipinski definition) is 6. The molecule has 2 aromatic carbocycles. The molecule has 0 spiro atoms. The summed E-state index contributed by atoms with van der Waals surface area (Å²) in [6.45, 7) is 6.29. The van der Waals surface area contributed by atoms with Crippen LogP contribution in [0.1, 0.15) is 45.2 Å². The predicted octanol–water partition coefficient (Wildman–Crippen LogP) is 3.92. The first-order chi connectivity index (χ1) is 17.0. The molecule has 0 aliphatic carbocycles. The molecule has 5 N–H and O–H groups in total. The van der Waals surface area contributed by atoms with Crippen LogP contribution in [-0.2, 0) is 19.6 Å². The highest BCUT2D eigenvalue weighted by molar-refractivity contribution is 7.92. The summed E-state index contributed by atoms with van der Waals surface area (Å²) in [5.41, 5.74) is 0.840. The van der Waals surface area contributed by atoms with Crippen molar-refractivity contribution in [2.45, 2.75) is 44.6 Å². The van der Waals surface area contributed by atoms with Crippen LogP contribution in [0.25, 0.3) is 0 Å². The Morgan fingerprint density at radius 3 is 2.39 bits per heavy atom. The van der Waals surface area contributed by atoms with Gasteiger partial charge in [-0.2, -0.15) is 0 Å². The number of sulfonamides is 1. The summed E-state index contributed by atoms with van der Waals surface area (Å²) in [5, 5.41) is 17.0. The Hall–Kier alpha value is -3.80. The number of ether oxygens (including phenoxy) is 1. The van der Waals surface area contributed by atoms with Crippen LogP contribution in [0.5, 0.6) is 0 Å². The second-order valence-corrected chi connectivity index (χ2v) is 10.1. The Bertz CT molecular complexity index is 1170. The fourth-order valence-corrected chi connectivity index (χ4v) is 4.14. The molecule has 2 aromatic rings. The van der Waals surface area contributed by atoms with Gasteiger partial charge in [0.1, 0.15) is 0 Å². The number of anilines is 2. The molecule has 36 heavy (non-hydrogen) atoms.